The Morgan fingerprint density at radius 3 is 2.67 bits per heavy atom. The van der Waals surface area contributed by atoms with Crippen LogP contribution in [0, 0.1) is 9.49 Å². The monoisotopic (exact) mass is 660 g/mol. The molecule has 0 radical (unpaired) electrons. The van der Waals surface area contributed by atoms with Crippen molar-refractivity contribution >= 4 is 34.4 Å². The predicted molar refractivity (Wildman–Crippen MR) is 153 cm³/mol. The normalized spacial score (nSPS) is 22.8. The van der Waals surface area contributed by atoms with Gasteiger partial charge in [0.25, 0.3) is 0 Å². The van der Waals surface area contributed by atoms with Gasteiger partial charge in [-0.15, -0.1) is 0 Å². The number of aliphatic hydroxyl groups excluding tert-OH is 3. The molecule has 1 saturated heterocycles. The quantitative estimate of drug-likeness (QED) is 0.176. The van der Waals surface area contributed by atoms with Crippen LogP contribution in [0.1, 0.15) is 51.0 Å². The van der Waals surface area contributed by atoms with Gasteiger partial charge in [-0.2, -0.15) is 0 Å². The fourth-order valence-corrected chi connectivity index (χ4v) is 5.80. The number of ether oxygens (including phenoxy) is 3. The third-order valence-corrected chi connectivity index (χ3v) is 7.96. The van der Waals surface area contributed by atoms with Crippen LogP contribution in [0.15, 0.2) is 23.8 Å². The number of unbranched alkanes of at least 4 members (excludes halogenated alkanes) is 3. The number of benzene rings is 1. The molecule has 1 fully saturated rings. The van der Waals surface area contributed by atoms with Gasteiger partial charge in [0.1, 0.15) is 12.2 Å². The van der Waals surface area contributed by atoms with Gasteiger partial charge in [-0.25, -0.2) is 0 Å². The van der Waals surface area contributed by atoms with Crippen LogP contribution >= 0.6 is 22.6 Å². The van der Waals surface area contributed by atoms with E-state index in [1.807, 2.05) is 0 Å². The van der Waals surface area contributed by atoms with Gasteiger partial charge in [0.05, 0.1) is 42.5 Å². The van der Waals surface area contributed by atoms with Crippen molar-refractivity contribution in [2.45, 2.75) is 70.3 Å². The van der Waals surface area contributed by atoms with Crippen LogP contribution in [0.4, 0.5) is 0 Å². The van der Waals surface area contributed by atoms with E-state index in [0.717, 1.165) is 25.7 Å². The first-order chi connectivity index (χ1) is 18.8. The summed E-state index contributed by atoms with van der Waals surface area (Å²) < 4.78 is 17.9. The molecule has 11 heteroatoms. The van der Waals surface area contributed by atoms with Gasteiger partial charge >= 0.3 is 0 Å². The number of methoxy groups -OCH3 is 1. The number of nitrogens with zero attached hydrogens (tertiary/aromatic N) is 1. The molecule has 1 aliphatic carbocycles. The van der Waals surface area contributed by atoms with Crippen LogP contribution in [0.25, 0.3) is 0 Å². The number of aliphatic hydroxyl groups is 3. The fraction of sp³-hybridized carbons (Fsp3) is 0.643. The highest BCUT2D eigenvalue weighted by atomic mass is 127. The Hall–Kier alpha value is -1.93. The molecule has 0 saturated carbocycles. The molecular weight excluding hydrogens is 619 g/mol. The Labute approximate surface area is 243 Å². The van der Waals surface area contributed by atoms with E-state index in [9.17, 15) is 24.9 Å². The van der Waals surface area contributed by atoms with Crippen LogP contribution in [-0.2, 0) is 20.9 Å². The van der Waals surface area contributed by atoms with E-state index in [-0.39, 0.29) is 43.9 Å². The molecule has 1 aromatic rings. The van der Waals surface area contributed by atoms with Crippen LogP contribution in [-0.4, -0.2) is 90.3 Å². The van der Waals surface area contributed by atoms with Crippen LogP contribution in [0.3, 0.4) is 0 Å². The van der Waals surface area contributed by atoms with Crippen molar-refractivity contribution in [2.24, 2.45) is 5.92 Å². The number of nitrogens with one attached hydrogen (secondary N) is 1. The van der Waals surface area contributed by atoms with E-state index in [1.54, 1.807) is 23.1 Å². The van der Waals surface area contributed by atoms with E-state index < -0.39 is 18.2 Å². The Kier molecular flexibility index (Phi) is 12.8. The SMILES string of the molecule is CCCCCCN(C(=O)C1CCOC1)C1CC(C(=O)NCCO)=CC(Oc2c(I)cc(CO)cc2OC)C1O. The third-order valence-electron chi connectivity index (χ3n) is 7.15. The Bertz CT molecular complexity index is 998. The fourth-order valence-electron chi connectivity index (χ4n) is 5.01. The summed E-state index contributed by atoms with van der Waals surface area (Å²) in [6.07, 6.45) is 4.14. The minimum Gasteiger partial charge on any atom is -0.493 e. The summed E-state index contributed by atoms with van der Waals surface area (Å²) in [5.41, 5.74) is 1.02. The maximum absolute atomic E-state index is 13.7. The zero-order chi connectivity index (χ0) is 28.4. The van der Waals surface area contributed by atoms with Crippen molar-refractivity contribution in [3.8, 4) is 11.5 Å². The zero-order valence-electron chi connectivity index (χ0n) is 22.7. The van der Waals surface area contributed by atoms with Crippen LogP contribution < -0.4 is 14.8 Å². The molecule has 4 N–H and O–H groups in total. The van der Waals surface area contributed by atoms with Crippen molar-refractivity contribution in [2.75, 3.05) is 40.0 Å². The molecule has 1 aliphatic heterocycles. The largest absolute Gasteiger partial charge is 0.493 e. The molecule has 1 heterocycles. The van der Waals surface area contributed by atoms with Crippen molar-refractivity contribution in [3.63, 3.8) is 0 Å². The maximum atomic E-state index is 13.7. The van der Waals surface area contributed by atoms with E-state index in [4.69, 9.17) is 14.2 Å². The lowest BCUT2D eigenvalue weighted by Gasteiger charge is -2.41. The van der Waals surface area contributed by atoms with Crippen molar-refractivity contribution in [1.82, 2.24) is 10.2 Å². The zero-order valence-corrected chi connectivity index (χ0v) is 24.9. The number of amides is 2. The van der Waals surface area contributed by atoms with E-state index >= 15 is 0 Å². The number of rotatable bonds is 14. The summed E-state index contributed by atoms with van der Waals surface area (Å²) in [5, 5.41) is 33.1. The first kappa shape index (κ1) is 31.6. The first-order valence-corrected chi connectivity index (χ1v) is 14.7. The summed E-state index contributed by atoms with van der Waals surface area (Å²) >= 11 is 2.08. The van der Waals surface area contributed by atoms with Crippen molar-refractivity contribution < 1.29 is 39.1 Å². The predicted octanol–water partition coefficient (Wildman–Crippen LogP) is 2.15. The standard InChI is InChI=1S/C28H41IN2O8/c1-3-4-5-6-9-31(28(36)19-7-11-38-17-19)22-14-20(27(35)30-8-10-32)15-23(25(22)34)39-26-21(29)12-18(16-33)13-24(26)37-2/h12-13,15,19,22-23,25,32-34H,3-11,14,16-17H2,1-2H3,(H,30,35). The maximum Gasteiger partial charge on any atom is 0.247 e. The molecule has 0 bridgehead atoms. The lowest BCUT2D eigenvalue weighted by Crippen LogP contribution is -2.56. The number of hydrogen-bond donors (Lipinski definition) is 4. The Morgan fingerprint density at radius 1 is 1.23 bits per heavy atom. The first-order valence-electron chi connectivity index (χ1n) is 13.6. The average molecular weight is 661 g/mol. The van der Waals surface area contributed by atoms with Gasteiger partial charge in [0.2, 0.25) is 11.8 Å². The van der Waals surface area contributed by atoms with Gasteiger partial charge in [-0.3, -0.25) is 9.59 Å². The third kappa shape index (κ3) is 8.29. The highest BCUT2D eigenvalue weighted by Crippen LogP contribution is 2.37. The van der Waals surface area contributed by atoms with Gasteiger partial charge in [0.15, 0.2) is 11.5 Å². The van der Waals surface area contributed by atoms with Crippen molar-refractivity contribution in [3.05, 3.63) is 32.9 Å². The molecule has 0 spiro atoms. The number of carbonyl (C=O) groups excluding carboxylic acids is 2. The van der Waals surface area contributed by atoms with Crippen molar-refractivity contribution in [1.29, 1.82) is 0 Å². The van der Waals surface area contributed by atoms with Crippen LogP contribution in [0.5, 0.6) is 11.5 Å². The average Bonchev–Trinajstić information content (AvgIpc) is 3.48. The summed E-state index contributed by atoms with van der Waals surface area (Å²) in [6, 6.07) is 2.73. The summed E-state index contributed by atoms with van der Waals surface area (Å²) in [4.78, 5) is 28.4. The molecule has 4 unspecified atom stereocenters. The molecule has 3 rings (SSSR count). The second-order valence-corrected chi connectivity index (χ2v) is 11.1. The Morgan fingerprint density at radius 2 is 2.03 bits per heavy atom. The molecule has 1 aromatic carbocycles. The second kappa shape index (κ2) is 15.8. The van der Waals surface area contributed by atoms with Gasteiger partial charge in [0, 0.05) is 31.7 Å². The van der Waals surface area contributed by atoms with E-state index in [0.29, 0.717) is 52.4 Å². The van der Waals surface area contributed by atoms with E-state index in [1.165, 1.54) is 7.11 Å². The lowest BCUT2D eigenvalue weighted by molar-refractivity contribution is -0.143. The molecule has 218 valence electrons. The Balaban J connectivity index is 1.96. The van der Waals surface area contributed by atoms with Crippen LogP contribution in [0.2, 0.25) is 0 Å². The molecule has 39 heavy (non-hydrogen) atoms. The van der Waals surface area contributed by atoms with Gasteiger partial charge < -0.3 is 39.7 Å². The molecule has 4 atom stereocenters. The smallest absolute Gasteiger partial charge is 0.247 e. The molecule has 10 nitrogen and oxygen atoms in total. The van der Waals surface area contributed by atoms with E-state index in [2.05, 4.69) is 34.8 Å². The van der Waals surface area contributed by atoms with Gasteiger partial charge in [-0.1, -0.05) is 26.2 Å². The molecule has 2 aliphatic rings. The highest BCUT2D eigenvalue weighted by molar-refractivity contribution is 14.1. The summed E-state index contributed by atoms with van der Waals surface area (Å²) in [5.74, 6) is 0.0111. The minimum absolute atomic E-state index is 0.0803. The number of carbonyl (C=O) groups is 2. The second-order valence-electron chi connectivity index (χ2n) is 9.94. The molecule has 2 amide bonds. The minimum atomic E-state index is -1.12. The van der Waals surface area contributed by atoms with Gasteiger partial charge in [-0.05, 0) is 59.2 Å². The molecular formula is C28H41IN2O8. The molecule has 0 aromatic heterocycles. The topological polar surface area (TPSA) is 138 Å². The summed E-state index contributed by atoms with van der Waals surface area (Å²) in [6.45, 7) is 3.16. The lowest BCUT2D eigenvalue weighted by atomic mass is 9.87. The number of hydrogen-bond acceptors (Lipinski definition) is 8. The highest BCUT2D eigenvalue weighted by Gasteiger charge is 2.42. The number of halogens is 1. The summed E-state index contributed by atoms with van der Waals surface area (Å²) in [7, 11) is 1.49.